The molecule has 0 radical (unpaired) electrons. The number of nitrogens with two attached hydrogens (primary N) is 1. The van der Waals surface area contributed by atoms with E-state index < -0.39 is 11.8 Å². The predicted octanol–water partition coefficient (Wildman–Crippen LogP) is 1.25. The van der Waals surface area contributed by atoms with E-state index in [1.165, 1.54) is 0 Å². The second-order valence-corrected chi connectivity index (χ2v) is 7.15. The molecule has 1 aliphatic rings. The van der Waals surface area contributed by atoms with Crippen molar-refractivity contribution in [1.29, 1.82) is 0 Å². The molecule has 6 nitrogen and oxygen atoms in total. The largest absolute Gasteiger partial charge is 0.370 e. The van der Waals surface area contributed by atoms with Crippen molar-refractivity contribution in [2.75, 3.05) is 29.9 Å². The van der Waals surface area contributed by atoms with Crippen molar-refractivity contribution in [2.24, 2.45) is 11.7 Å². The fourth-order valence-electron chi connectivity index (χ4n) is 2.47. The minimum absolute atomic E-state index is 0.0204. The molecule has 0 unspecified atom stereocenters. The topological polar surface area (TPSA) is 92.5 Å². The van der Waals surface area contributed by atoms with Gasteiger partial charge in [-0.25, -0.2) is 0 Å². The third-order valence-electron chi connectivity index (χ3n) is 3.90. The lowest BCUT2D eigenvalue weighted by Crippen LogP contribution is -2.38. The Morgan fingerprint density at radius 3 is 2.42 bits per heavy atom. The van der Waals surface area contributed by atoms with Gasteiger partial charge in [-0.3, -0.25) is 14.4 Å². The molecule has 0 aromatic heterocycles. The molecule has 1 saturated heterocycles. The maximum atomic E-state index is 12.2. The molecule has 0 saturated carbocycles. The number of rotatable bonds is 6. The summed E-state index contributed by atoms with van der Waals surface area (Å²) >= 11 is 1.87. The molecule has 1 fully saturated rings. The highest BCUT2D eigenvalue weighted by Gasteiger charge is 2.17. The summed E-state index contributed by atoms with van der Waals surface area (Å²) in [7, 11) is 0. The zero-order valence-electron chi connectivity index (χ0n) is 13.8. The first-order valence-corrected chi connectivity index (χ1v) is 9.15. The molecular formula is C17H23N3O3S. The Morgan fingerprint density at radius 1 is 1.21 bits per heavy atom. The van der Waals surface area contributed by atoms with E-state index in [1.807, 2.05) is 28.8 Å². The SMILES string of the molecule is C[C@@H](CC(N)=O)C(=O)Nc1ccc(CC(=O)N2CCSCC2)cc1. The second kappa shape index (κ2) is 8.73. The van der Waals surface area contributed by atoms with Gasteiger partial charge in [-0.05, 0) is 17.7 Å². The fraction of sp³-hybridized carbons (Fsp3) is 0.471. The number of nitrogens with zero attached hydrogens (tertiary/aromatic N) is 1. The molecule has 1 atom stereocenters. The van der Waals surface area contributed by atoms with Crippen LogP contribution in [0.1, 0.15) is 18.9 Å². The van der Waals surface area contributed by atoms with Crippen LogP contribution >= 0.6 is 11.8 Å². The molecule has 3 N–H and O–H groups in total. The van der Waals surface area contributed by atoms with E-state index in [1.54, 1.807) is 19.1 Å². The number of carbonyl (C=O) groups is 3. The van der Waals surface area contributed by atoms with Crippen molar-refractivity contribution >= 4 is 35.2 Å². The van der Waals surface area contributed by atoms with Gasteiger partial charge in [0.15, 0.2) is 0 Å². The third-order valence-corrected chi connectivity index (χ3v) is 4.84. The van der Waals surface area contributed by atoms with E-state index in [-0.39, 0.29) is 18.2 Å². The molecule has 130 valence electrons. The van der Waals surface area contributed by atoms with Gasteiger partial charge in [0.1, 0.15) is 0 Å². The maximum absolute atomic E-state index is 12.2. The highest BCUT2D eigenvalue weighted by molar-refractivity contribution is 7.99. The predicted molar refractivity (Wildman–Crippen MR) is 95.7 cm³/mol. The minimum atomic E-state index is -0.498. The Morgan fingerprint density at radius 2 is 1.83 bits per heavy atom. The lowest BCUT2D eigenvalue weighted by Gasteiger charge is -2.26. The van der Waals surface area contributed by atoms with E-state index in [0.29, 0.717) is 12.1 Å². The molecule has 0 aliphatic carbocycles. The Labute approximate surface area is 146 Å². The number of benzene rings is 1. The normalized spacial score (nSPS) is 15.6. The van der Waals surface area contributed by atoms with Gasteiger partial charge >= 0.3 is 0 Å². The molecule has 0 spiro atoms. The van der Waals surface area contributed by atoms with E-state index in [2.05, 4.69) is 5.32 Å². The summed E-state index contributed by atoms with van der Waals surface area (Å²) in [5.41, 5.74) is 6.65. The van der Waals surface area contributed by atoms with Crippen LogP contribution in [-0.4, -0.2) is 47.2 Å². The van der Waals surface area contributed by atoms with Crippen LogP contribution in [0.15, 0.2) is 24.3 Å². The molecule has 24 heavy (non-hydrogen) atoms. The lowest BCUT2D eigenvalue weighted by molar-refractivity contribution is -0.130. The van der Waals surface area contributed by atoms with Crippen molar-refractivity contribution < 1.29 is 14.4 Å². The Hall–Kier alpha value is -2.02. The van der Waals surface area contributed by atoms with Gasteiger partial charge in [-0.15, -0.1) is 0 Å². The number of hydrogen-bond acceptors (Lipinski definition) is 4. The van der Waals surface area contributed by atoms with Crippen molar-refractivity contribution in [3.63, 3.8) is 0 Å². The summed E-state index contributed by atoms with van der Waals surface area (Å²) in [5.74, 6) is 0.925. The van der Waals surface area contributed by atoms with Gasteiger partial charge in [-0.1, -0.05) is 19.1 Å². The summed E-state index contributed by atoms with van der Waals surface area (Å²) in [6.07, 6.45) is 0.392. The number of amides is 3. The summed E-state index contributed by atoms with van der Waals surface area (Å²) in [5, 5.41) is 2.75. The van der Waals surface area contributed by atoms with Crippen molar-refractivity contribution in [3.8, 4) is 0 Å². The minimum Gasteiger partial charge on any atom is -0.370 e. The van der Waals surface area contributed by atoms with Crippen LogP contribution in [-0.2, 0) is 20.8 Å². The molecular weight excluding hydrogens is 326 g/mol. The number of nitrogens with one attached hydrogen (secondary N) is 1. The van der Waals surface area contributed by atoms with Crippen LogP contribution in [0, 0.1) is 5.92 Å². The van der Waals surface area contributed by atoms with Crippen molar-refractivity contribution in [2.45, 2.75) is 19.8 Å². The zero-order valence-corrected chi connectivity index (χ0v) is 14.6. The molecule has 3 amide bonds. The number of thioether (sulfide) groups is 1. The monoisotopic (exact) mass is 349 g/mol. The van der Waals surface area contributed by atoms with Gasteiger partial charge in [0.2, 0.25) is 17.7 Å². The fourth-order valence-corrected chi connectivity index (χ4v) is 3.37. The average Bonchev–Trinajstić information content (AvgIpc) is 2.56. The first-order chi connectivity index (χ1) is 11.5. The van der Waals surface area contributed by atoms with Crippen molar-refractivity contribution in [1.82, 2.24) is 4.90 Å². The summed E-state index contributed by atoms with van der Waals surface area (Å²) in [6, 6.07) is 7.21. The lowest BCUT2D eigenvalue weighted by atomic mass is 10.1. The molecule has 0 bridgehead atoms. The average molecular weight is 349 g/mol. The van der Waals surface area contributed by atoms with Gasteiger partial charge in [0.25, 0.3) is 0 Å². The van der Waals surface area contributed by atoms with Crippen LogP contribution in [0.25, 0.3) is 0 Å². The Balaban J connectivity index is 1.87. The Bertz CT molecular complexity index is 598. The first-order valence-electron chi connectivity index (χ1n) is 7.99. The summed E-state index contributed by atoms with van der Waals surface area (Å²) < 4.78 is 0. The van der Waals surface area contributed by atoms with Gasteiger partial charge in [0.05, 0.1) is 6.42 Å². The summed E-state index contributed by atoms with van der Waals surface area (Å²) in [4.78, 5) is 36.9. The molecule has 1 aromatic rings. The molecule has 1 heterocycles. The molecule has 1 aliphatic heterocycles. The van der Waals surface area contributed by atoms with Crippen LogP contribution in [0.4, 0.5) is 5.69 Å². The molecule has 7 heteroatoms. The first kappa shape index (κ1) is 18.3. The smallest absolute Gasteiger partial charge is 0.227 e. The maximum Gasteiger partial charge on any atom is 0.227 e. The van der Waals surface area contributed by atoms with Crippen LogP contribution < -0.4 is 11.1 Å². The van der Waals surface area contributed by atoms with Crippen LogP contribution in [0.2, 0.25) is 0 Å². The summed E-state index contributed by atoms with van der Waals surface area (Å²) in [6.45, 7) is 3.29. The van der Waals surface area contributed by atoms with Crippen LogP contribution in [0.5, 0.6) is 0 Å². The van der Waals surface area contributed by atoms with E-state index in [4.69, 9.17) is 5.73 Å². The zero-order chi connectivity index (χ0) is 17.5. The van der Waals surface area contributed by atoms with E-state index in [9.17, 15) is 14.4 Å². The number of carbonyl (C=O) groups excluding carboxylic acids is 3. The van der Waals surface area contributed by atoms with E-state index >= 15 is 0 Å². The molecule has 2 rings (SSSR count). The van der Waals surface area contributed by atoms with Gasteiger partial charge in [-0.2, -0.15) is 11.8 Å². The second-order valence-electron chi connectivity index (χ2n) is 5.93. The van der Waals surface area contributed by atoms with Crippen LogP contribution in [0.3, 0.4) is 0 Å². The highest BCUT2D eigenvalue weighted by Crippen LogP contribution is 2.15. The standard InChI is InChI=1S/C17H23N3O3S/c1-12(10-15(18)21)17(23)19-14-4-2-13(3-5-14)11-16(22)20-6-8-24-9-7-20/h2-5,12H,6-11H2,1H3,(H2,18,21)(H,19,23)/t12-/m0/s1. The van der Waals surface area contributed by atoms with Gasteiger partial charge in [0, 0.05) is 42.6 Å². The number of primary amides is 1. The van der Waals surface area contributed by atoms with Gasteiger partial charge < -0.3 is 16.0 Å². The van der Waals surface area contributed by atoms with E-state index in [0.717, 1.165) is 30.2 Å². The third kappa shape index (κ3) is 5.56. The number of anilines is 1. The molecule has 1 aromatic carbocycles. The highest BCUT2D eigenvalue weighted by atomic mass is 32.2. The van der Waals surface area contributed by atoms with Crippen molar-refractivity contribution in [3.05, 3.63) is 29.8 Å². The quantitative estimate of drug-likeness (QED) is 0.808. The Kier molecular flexibility index (Phi) is 6.66. The number of hydrogen-bond donors (Lipinski definition) is 2.